The summed E-state index contributed by atoms with van der Waals surface area (Å²) in [5.41, 5.74) is 0.213. The standard InChI is InChI=1S/C9H9BrClFN2O/c1-14(13)8(15)4-5-7(12)3-2-6(11)9(5)10/h2-3H,4,13H2,1H3. The molecule has 0 saturated carbocycles. The average molecular weight is 296 g/mol. The van der Waals surface area contributed by atoms with Crippen molar-refractivity contribution in [3.8, 4) is 0 Å². The van der Waals surface area contributed by atoms with E-state index in [1.165, 1.54) is 19.2 Å². The van der Waals surface area contributed by atoms with Crippen LogP contribution in [0, 0.1) is 5.82 Å². The molecule has 0 atom stereocenters. The van der Waals surface area contributed by atoms with Crippen molar-refractivity contribution in [2.24, 2.45) is 5.84 Å². The third kappa shape index (κ3) is 2.90. The number of hydrogen-bond acceptors (Lipinski definition) is 2. The maximum absolute atomic E-state index is 13.4. The fraction of sp³-hybridized carbons (Fsp3) is 0.222. The van der Waals surface area contributed by atoms with Crippen molar-refractivity contribution < 1.29 is 9.18 Å². The third-order valence-electron chi connectivity index (χ3n) is 1.86. The molecule has 2 N–H and O–H groups in total. The molecule has 15 heavy (non-hydrogen) atoms. The zero-order valence-corrected chi connectivity index (χ0v) is 10.3. The van der Waals surface area contributed by atoms with E-state index in [1.54, 1.807) is 0 Å². The first kappa shape index (κ1) is 12.4. The molecule has 0 spiro atoms. The van der Waals surface area contributed by atoms with Crippen LogP contribution in [0.5, 0.6) is 0 Å². The first-order valence-electron chi connectivity index (χ1n) is 4.07. The molecule has 1 rings (SSSR count). The first-order chi connectivity index (χ1) is 6.93. The van der Waals surface area contributed by atoms with Gasteiger partial charge in [0.05, 0.1) is 11.4 Å². The Morgan fingerprint density at radius 3 is 2.80 bits per heavy atom. The Balaban J connectivity index is 3.04. The molecule has 1 aromatic carbocycles. The van der Waals surface area contributed by atoms with Crippen LogP contribution in [-0.4, -0.2) is 18.0 Å². The molecule has 0 radical (unpaired) electrons. The van der Waals surface area contributed by atoms with Crippen molar-refractivity contribution in [2.45, 2.75) is 6.42 Å². The van der Waals surface area contributed by atoms with E-state index >= 15 is 0 Å². The minimum atomic E-state index is -0.485. The molecule has 0 bridgehead atoms. The van der Waals surface area contributed by atoms with Crippen molar-refractivity contribution in [2.75, 3.05) is 7.05 Å². The lowest BCUT2D eigenvalue weighted by Gasteiger charge is -2.11. The van der Waals surface area contributed by atoms with Crippen LogP contribution >= 0.6 is 27.5 Å². The van der Waals surface area contributed by atoms with Gasteiger partial charge in [0.1, 0.15) is 5.82 Å². The SMILES string of the molecule is CN(N)C(=O)Cc1c(F)ccc(Cl)c1Br. The molecule has 0 heterocycles. The van der Waals surface area contributed by atoms with Gasteiger partial charge in [-0.1, -0.05) is 11.6 Å². The summed E-state index contributed by atoms with van der Waals surface area (Å²) < 4.78 is 13.7. The Kier molecular flexibility index (Phi) is 4.07. The van der Waals surface area contributed by atoms with E-state index in [-0.39, 0.29) is 12.0 Å². The number of benzene rings is 1. The Hall–Kier alpha value is -0.650. The lowest BCUT2D eigenvalue weighted by Crippen LogP contribution is -2.34. The summed E-state index contributed by atoms with van der Waals surface area (Å²) in [4.78, 5) is 11.3. The second-order valence-corrected chi connectivity index (χ2v) is 4.20. The van der Waals surface area contributed by atoms with Gasteiger partial charge in [-0.05, 0) is 28.1 Å². The van der Waals surface area contributed by atoms with Gasteiger partial charge < -0.3 is 0 Å². The third-order valence-corrected chi connectivity index (χ3v) is 3.31. The average Bonchev–Trinajstić information content (AvgIpc) is 2.18. The van der Waals surface area contributed by atoms with E-state index in [1.807, 2.05) is 0 Å². The number of halogens is 3. The maximum Gasteiger partial charge on any atom is 0.240 e. The van der Waals surface area contributed by atoms with Gasteiger partial charge in [0, 0.05) is 17.1 Å². The van der Waals surface area contributed by atoms with E-state index in [2.05, 4.69) is 15.9 Å². The van der Waals surface area contributed by atoms with Gasteiger partial charge in [-0.25, -0.2) is 10.2 Å². The number of likely N-dealkylation sites (N-methyl/N-ethyl adjacent to an activating group) is 1. The Morgan fingerprint density at radius 2 is 2.27 bits per heavy atom. The smallest absolute Gasteiger partial charge is 0.240 e. The predicted molar refractivity (Wildman–Crippen MR) is 59.8 cm³/mol. The number of nitrogens with two attached hydrogens (primary N) is 1. The number of rotatable bonds is 2. The van der Waals surface area contributed by atoms with E-state index in [0.717, 1.165) is 5.01 Å². The number of nitrogens with zero attached hydrogens (tertiary/aromatic N) is 1. The summed E-state index contributed by atoms with van der Waals surface area (Å²) in [5.74, 6) is 4.36. The number of hydrazine groups is 1. The fourth-order valence-corrected chi connectivity index (χ4v) is 1.65. The second-order valence-electron chi connectivity index (χ2n) is 3.00. The highest BCUT2D eigenvalue weighted by Crippen LogP contribution is 2.28. The van der Waals surface area contributed by atoms with Crippen LogP contribution in [0.3, 0.4) is 0 Å². The van der Waals surface area contributed by atoms with Crippen molar-refractivity contribution >= 4 is 33.4 Å². The van der Waals surface area contributed by atoms with Crippen LogP contribution in [0.25, 0.3) is 0 Å². The van der Waals surface area contributed by atoms with Crippen LogP contribution in [0.15, 0.2) is 16.6 Å². The van der Waals surface area contributed by atoms with E-state index in [0.29, 0.717) is 9.50 Å². The molecule has 0 fully saturated rings. The van der Waals surface area contributed by atoms with Gasteiger partial charge in [-0.3, -0.25) is 9.80 Å². The Labute approximate surface area is 100 Å². The molecule has 3 nitrogen and oxygen atoms in total. The van der Waals surface area contributed by atoms with Gasteiger partial charge in [-0.15, -0.1) is 0 Å². The normalized spacial score (nSPS) is 10.2. The van der Waals surface area contributed by atoms with Crippen molar-refractivity contribution in [3.05, 3.63) is 33.0 Å². The summed E-state index contributed by atoms with van der Waals surface area (Å²) in [6.45, 7) is 0. The van der Waals surface area contributed by atoms with Crippen LogP contribution < -0.4 is 5.84 Å². The van der Waals surface area contributed by atoms with Crippen LogP contribution in [0.4, 0.5) is 4.39 Å². The lowest BCUT2D eigenvalue weighted by atomic mass is 10.1. The number of carbonyl (C=O) groups is 1. The topological polar surface area (TPSA) is 46.3 Å². The van der Waals surface area contributed by atoms with Crippen LogP contribution in [0.1, 0.15) is 5.56 Å². The lowest BCUT2D eigenvalue weighted by molar-refractivity contribution is -0.129. The second kappa shape index (κ2) is 4.92. The molecule has 6 heteroatoms. The molecule has 0 aliphatic carbocycles. The van der Waals surface area contributed by atoms with Crippen molar-refractivity contribution in [1.82, 2.24) is 5.01 Å². The van der Waals surface area contributed by atoms with E-state index in [9.17, 15) is 9.18 Å². The highest BCUT2D eigenvalue weighted by atomic mass is 79.9. The van der Waals surface area contributed by atoms with Crippen molar-refractivity contribution in [1.29, 1.82) is 0 Å². The zero-order chi connectivity index (χ0) is 11.6. The summed E-state index contributed by atoms with van der Waals surface area (Å²) in [7, 11) is 1.40. The Morgan fingerprint density at radius 1 is 1.67 bits per heavy atom. The first-order valence-corrected chi connectivity index (χ1v) is 5.24. The van der Waals surface area contributed by atoms with E-state index in [4.69, 9.17) is 17.4 Å². The molecule has 82 valence electrons. The maximum atomic E-state index is 13.4. The molecule has 1 aromatic rings. The summed E-state index contributed by atoms with van der Waals surface area (Å²) in [5, 5.41) is 1.27. The molecule has 0 aliphatic heterocycles. The highest BCUT2D eigenvalue weighted by Gasteiger charge is 2.15. The molecular formula is C9H9BrClFN2O. The summed E-state index contributed by atoms with van der Waals surface area (Å²) in [6, 6.07) is 2.63. The van der Waals surface area contributed by atoms with E-state index < -0.39 is 11.7 Å². The van der Waals surface area contributed by atoms with Crippen LogP contribution in [-0.2, 0) is 11.2 Å². The molecule has 0 aliphatic rings. The largest absolute Gasteiger partial charge is 0.284 e. The van der Waals surface area contributed by atoms with Gasteiger partial charge in [0.2, 0.25) is 5.91 Å². The van der Waals surface area contributed by atoms with Crippen LogP contribution in [0.2, 0.25) is 5.02 Å². The Bertz CT molecular complexity index is 398. The molecule has 1 amide bonds. The number of amides is 1. The monoisotopic (exact) mass is 294 g/mol. The summed E-state index contributed by atoms with van der Waals surface area (Å²) >= 11 is 8.90. The highest BCUT2D eigenvalue weighted by molar-refractivity contribution is 9.10. The van der Waals surface area contributed by atoms with Gasteiger partial charge in [0.25, 0.3) is 0 Å². The fourth-order valence-electron chi connectivity index (χ4n) is 1.01. The van der Waals surface area contributed by atoms with Crippen molar-refractivity contribution in [3.63, 3.8) is 0 Å². The summed E-state index contributed by atoms with van der Waals surface area (Å²) in [6.07, 6.45) is -0.125. The van der Waals surface area contributed by atoms with Gasteiger partial charge in [-0.2, -0.15) is 0 Å². The zero-order valence-electron chi connectivity index (χ0n) is 7.93. The predicted octanol–water partition coefficient (Wildman–Crippen LogP) is 2.12. The minimum absolute atomic E-state index is 0.125. The molecular weight excluding hydrogens is 286 g/mol. The molecule has 0 unspecified atom stereocenters. The number of carbonyl (C=O) groups excluding carboxylic acids is 1. The van der Waals surface area contributed by atoms with Gasteiger partial charge in [0.15, 0.2) is 0 Å². The minimum Gasteiger partial charge on any atom is -0.284 e. The number of hydrogen-bond donors (Lipinski definition) is 1. The van der Waals surface area contributed by atoms with Gasteiger partial charge >= 0.3 is 0 Å². The molecule has 0 saturated heterocycles. The molecule has 0 aromatic heterocycles. The quantitative estimate of drug-likeness (QED) is 0.393.